The van der Waals surface area contributed by atoms with Gasteiger partial charge in [-0.05, 0) is 293 Å². The Morgan fingerprint density at radius 1 is 0.327 bits per heavy atom. The van der Waals surface area contributed by atoms with Gasteiger partial charge in [-0.15, -0.1) is 0 Å². The molecule has 560 valence electrons. The third kappa shape index (κ3) is 17.4. The lowest BCUT2D eigenvalue weighted by Gasteiger charge is -2.12. The van der Waals surface area contributed by atoms with E-state index in [1.807, 2.05) is 202 Å². The van der Waals surface area contributed by atoms with Crippen LogP contribution in [0.25, 0.3) is 110 Å². The van der Waals surface area contributed by atoms with Crippen LogP contribution in [0.2, 0.25) is 0 Å². The second-order valence-corrected chi connectivity index (χ2v) is 30.7. The van der Waals surface area contributed by atoms with Gasteiger partial charge in [0.2, 0.25) is 22.8 Å². The van der Waals surface area contributed by atoms with Crippen molar-refractivity contribution in [3.05, 3.63) is 319 Å². The standard InChI is InChI=1S/C23H28N.2C22H26N.C19H20N.C18H19N2/c1-15(2)11-19-7-8-21-20(14-19)9-10-24(6)23(21)22-13-16(3)12-17(4)18(22)5;2*1-14(2)18-7-8-20-19(13-18)9-10-23(6)22(20)21-12-15(3)11-16(4)17(21)5;1-13-11-14(2)15(3)18(12-13)19-17-8-6-5-7-16(17)9-10-20(19)4;1-12-9-13(2)14(3)16(10-12)18-15-7-5-6-8-17(15)19-11-20(18)4/h7-10,12-15H,11H2,1-6H3;2*7-14H,1-6H3;5-12H,1-4H3;5-11H,1-4H3/q5*+1/i4D3,11D2;1D3,4D3,14D;4D3,14D;;. The zero-order chi connectivity index (χ0) is 93.1. The fourth-order valence-corrected chi connectivity index (χ4v) is 15.1. The molecule has 0 aliphatic carbocycles. The molecule has 0 radical (unpaired) electrons. The molecular formula is C104H119N6+5. The number of hydrogen-bond donors (Lipinski definition) is 0. The van der Waals surface area contributed by atoms with Crippen LogP contribution in [-0.2, 0) is 41.6 Å². The number of aryl methyl sites for hydroxylation is 15. The smallest absolute Gasteiger partial charge is 0.232 e. The maximum Gasteiger partial charge on any atom is 0.287 e. The van der Waals surface area contributed by atoms with Crippen molar-refractivity contribution in [3.8, 4) is 56.3 Å². The average molecular weight is 1470 g/mol. The molecule has 5 heterocycles. The Morgan fingerprint density at radius 3 is 1.05 bits per heavy atom. The van der Waals surface area contributed by atoms with Crippen LogP contribution in [0.5, 0.6) is 0 Å². The number of nitrogens with zero attached hydrogens (tertiary/aromatic N) is 6. The predicted octanol–water partition coefficient (Wildman–Crippen LogP) is 24.1. The monoisotopic (exact) mass is 1470 g/mol. The van der Waals surface area contributed by atoms with E-state index >= 15 is 0 Å². The van der Waals surface area contributed by atoms with Gasteiger partial charge in [0, 0.05) is 51.8 Å². The van der Waals surface area contributed by atoms with Crippen molar-refractivity contribution < 1.29 is 44.8 Å². The maximum atomic E-state index is 8.42. The number of hydrogen-bond acceptors (Lipinski definition) is 1. The minimum Gasteiger partial charge on any atom is -0.232 e. The van der Waals surface area contributed by atoms with Gasteiger partial charge in [-0.2, -0.15) is 0 Å². The van der Waals surface area contributed by atoms with Gasteiger partial charge in [0.15, 0.2) is 30.3 Å². The molecule has 0 spiro atoms. The minimum atomic E-state index is -2.45. The molecule has 0 saturated carbocycles. The largest absolute Gasteiger partial charge is 0.287 e. The van der Waals surface area contributed by atoms with E-state index < -0.39 is 45.6 Å². The summed E-state index contributed by atoms with van der Waals surface area (Å²) in [5.74, 6) is -2.53. The van der Waals surface area contributed by atoms with Gasteiger partial charge >= 0.3 is 0 Å². The van der Waals surface area contributed by atoms with Gasteiger partial charge in [-0.1, -0.05) is 166 Å². The molecule has 0 saturated heterocycles. The van der Waals surface area contributed by atoms with E-state index in [0.717, 1.165) is 105 Å². The fraction of sp³-hybridized carbons (Fsp3) is 0.288. The number of aromatic nitrogens is 6. The molecule has 0 fully saturated rings. The third-order valence-corrected chi connectivity index (χ3v) is 21.4. The molecule has 0 aliphatic rings. The van der Waals surface area contributed by atoms with Crippen molar-refractivity contribution in [2.24, 2.45) is 41.2 Å². The normalized spacial score (nSPS) is 14.6. The first-order valence-corrected chi connectivity index (χ1v) is 38.0. The number of benzene rings is 10. The highest BCUT2D eigenvalue weighted by atomic mass is 15.0. The summed E-state index contributed by atoms with van der Waals surface area (Å²) in [4.78, 5) is 4.50. The van der Waals surface area contributed by atoms with E-state index in [9.17, 15) is 0 Å². The predicted molar refractivity (Wildman–Crippen MR) is 468 cm³/mol. The summed E-state index contributed by atoms with van der Waals surface area (Å²) in [5.41, 5.74) is 27.7. The Labute approximate surface area is 680 Å². The van der Waals surface area contributed by atoms with Crippen LogP contribution in [0.3, 0.4) is 0 Å². The number of pyridine rings is 4. The molecule has 110 heavy (non-hydrogen) atoms. The van der Waals surface area contributed by atoms with E-state index in [1.54, 1.807) is 30.3 Å². The summed E-state index contributed by atoms with van der Waals surface area (Å²) in [6.07, 6.45) is 8.44. The maximum absolute atomic E-state index is 8.42. The van der Waals surface area contributed by atoms with Crippen molar-refractivity contribution in [3.63, 3.8) is 0 Å². The van der Waals surface area contributed by atoms with Crippen LogP contribution in [0.15, 0.2) is 219 Å². The lowest BCUT2D eigenvalue weighted by atomic mass is 9.93. The molecule has 5 aromatic heterocycles. The van der Waals surface area contributed by atoms with Crippen LogP contribution < -0.4 is 22.8 Å². The van der Waals surface area contributed by atoms with Crippen molar-refractivity contribution >= 4 is 54.0 Å². The summed E-state index contributed by atoms with van der Waals surface area (Å²) in [5, 5.41) is 9.50. The quantitative estimate of drug-likeness (QED) is 0.133. The molecule has 6 heteroatoms. The van der Waals surface area contributed by atoms with E-state index in [0.29, 0.717) is 33.4 Å². The van der Waals surface area contributed by atoms with Gasteiger partial charge < -0.3 is 0 Å². The lowest BCUT2D eigenvalue weighted by molar-refractivity contribution is -0.662. The summed E-state index contributed by atoms with van der Waals surface area (Å²) in [6, 6.07) is 62.4. The molecule has 1 atom stereocenters. The third-order valence-electron chi connectivity index (χ3n) is 21.4. The molecule has 6 nitrogen and oxygen atoms in total. The average Bonchev–Trinajstić information content (AvgIpc) is 0.757. The van der Waals surface area contributed by atoms with E-state index in [-0.39, 0.29) is 5.92 Å². The molecule has 0 N–H and O–H groups in total. The van der Waals surface area contributed by atoms with Crippen LogP contribution >= 0.6 is 0 Å². The lowest BCUT2D eigenvalue weighted by Crippen LogP contribution is -2.31. The van der Waals surface area contributed by atoms with Gasteiger partial charge in [-0.3, -0.25) is 0 Å². The van der Waals surface area contributed by atoms with Gasteiger partial charge in [0.1, 0.15) is 33.9 Å². The van der Waals surface area contributed by atoms with Crippen LogP contribution in [0.1, 0.15) is 175 Å². The molecule has 10 aromatic carbocycles. The summed E-state index contributed by atoms with van der Waals surface area (Å²) in [6.45, 7) is 24.3. The van der Waals surface area contributed by atoms with Crippen LogP contribution in [0, 0.1) is 110 Å². The highest BCUT2D eigenvalue weighted by Crippen LogP contribution is 2.37. The first-order chi connectivity index (χ1) is 58.5. The van der Waals surface area contributed by atoms with E-state index in [4.69, 9.17) is 21.9 Å². The van der Waals surface area contributed by atoms with Crippen LogP contribution in [-0.4, -0.2) is 4.98 Å². The minimum absolute atomic E-state index is 0.139. The summed E-state index contributed by atoms with van der Waals surface area (Å²) >= 11 is 0. The highest BCUT2D eigenvalue weighted by molar-refractivity contribution is 5.98. The summed E-state index contributed by atoms with van der Waals surface area (Å²) in [7, 11) is 10.0. The zero-order valence-electron chi connectivity index (χ0n) is 84.5. The Bertz CT molecular complexity index is 6560. The van der Waals surface area contributed by atoms with Gasteiger partial charge in [0.25, 0.3) is 6.33 Å². The number of para-hydroxylation sites is 1. The Balaban J connectivity index is 0.000000154. The van der Waals surface area contributed by atoms with Crippen molar-refractivity contribution in [1.82, 2.24) is 4.98 Å². The SMILES string of the molecule is Cc1cc(C)c(C)c(-c2c3ccccc3cc[n+]2C)c1.Cc1cc(C)c(C)c(-c2c3ccccc3nc[n+]2C)c1.[2H]C([2H])([2H])c1cc(C)cc(-c2c3ccc(C([2H])(C)C([2H])([2H])[2H])cc3cc[n+]2C)c1C.[2H]C([2H])([2H])c1cc(C)cc(-c2c3ccc(C([2H])(C)C)cc3cc[n+]2C)c1C.[2H]C([2H])([2H])c1cc(C)cc(-c2c3ccc(C([2H])([2H])C(C)C)cc3cc[n+]2C)c1C. The van der Waals surface area contributed by atoms with E-state index in [1.165, 1.54) is 79.0 Å². The summed E-state index contributed by atoms with van der Waals surface area (Å²) < 4.78 is 138. The molecule has 0 amide bonds. The van der Waals surface area contributed by atoms with Crippen molar-refractivity contribution in [2.75, 3.05) is 0 Å². The highest BCUT2D eigenvalue weighted by Gasteiger charge is 2.25. The second kappa shape index (κ2) is 34.0. The first-order valence-electron chi connectivity index (χ1n) is 46.0. The van der Waals surface area contributed by atoms with Gasteiger partial charge in [0.05, 0.1) is 56.2 Å². The van der Waals surface area contributed by atoms with Gasteiger partial charge in [-0.25, -0.2) is 22.8 Å². The number of fused-ring (bicyclic) bond motifs is 5. The molecule has 0 aliphatic heterocycles. The molecule has 0 bridgehead atoms. The molecular weight excluding hydrogens is 1330 g/mol. The molecule has 15 rings (SSSR count). The fourth-order valence-electron chi connectivity index (χ4n) is 15.1. The van der Waals surface area contributed by atoms with Crippen molar-refractivity contribution in [1.29, 1.82) is 0 Å². The molecule has 15 aromatic rings. The van der Waals surface area contributed by atoms with Crippen LogP contribution in [0.4, 0.5) is 0 Å². The topological polar surface area (TPSA) is 32.3 Å². The number of rotatable bonds is 9. The Morgan fingerprint density at radius 2 is 0.655 bits per heavy atom. The molecule has 1 unspecified atom stereocenters. The second-order valence-electron chi connectivity index (χ2n) is 30.7. The zero-order valence-corrected chi connectivity index (χ0v) is 68.5. The van der Waals surface area contributed by atoms with Crippen molar-refractivity contribution in [2.45, 2.75) is 163 Å². The first kappa shape index (κ1) is 61.0. The Kier molecular flexibility index (Phi) is 18.8. The van der Waals surface area contributed by atoms with E-state index in [2.05, 4.69) is 161 Å². The Hall–Kier alpha value is -10.8.